The molecule has 0 spiro atoms. The molecule has 4 heterocycles. The Labute approximate surface area is 155 Å². The molecule has 5 rings (SSSR count). The van der Waals surface area contributed by atoms with Gasteiger partial charge in [-0.05, 0) is 25.3 Å². The largest absolute Gasteiger partial charge is 0.448 e. The molecule has 0 unspecified atom stereocenters. The van der Waals surface area contributed by atoms with Crippen LogP contribution >= 0.6 is 22.7 Å². The van der Waals surface area contributed by atoms with Gasteiger partial charge in [0.15, 0.2) is 0 Å². The summed E-state index contributed by atoms with van der Waals surface area (Å²) in [4.78, 5) is 1.38. The molecule has 25 heavy (non-hydrogen) atoms. The number of aromatic nitrogens is 1. The first-order valence-electron chi connectivity index (χ1n) is 8.68. The van der Waals surface area contributed by atoms with Gasteiger partial charge in [0, 0.05) is 21.9 Å². The van der Waals surface area contributed by atoms with Gasteiger partial charge in [-0.2, -0.15) is 4.57 Å². The van der Waals surface area contributed by atoms with Crippen molar-refractivity contribution < 1.29 is 9.30 Å². The number of ether oxygens (including phenoxy) is 1. The maximum atomic E-state index is 6.52. The molecule has 4 heteroatoms. The fourth-order valence-electron chi connectivity index (χ4n) is 4.02. The van der Waals surface area contributed by atoms with Crippen molar-refractivity contribution in [2.75, 3.05) is 0 Å². The Morgan fingerprint density at radius 1 is 1.20 bits per heavy atom. The van der Waals surface area contributed by atoms with E-state index in [1.54, 1.807) is 11.3 Å². The lowest BCUT2D eigenvalue weighted by atomic mass is 9.93. The number of benzene rings is 1. The van der Waals surface area contributed by atoms with Crippen LogP contribution in [0.5, 0.6) is 11.5 Å². The summed E-state index contributed by atoms with van der Waals surface area (Å²) in [5, 5.41) is 4.78. The van der Waals surface area contributed by atoms with Crippen LogP contribution in [0, 0.1) is 12.8 Å². The zero-order valence-electron chi connectivity index (χ0n) is 14.8. The summed E-state index contributed by atoms with van der Waals surface area (Å²) in [6, 6.07) is 8.71. The molecule has 4 aromatic rings. The molecule has 0 fully saturated rings. The minimum atomic E-state index is 0.580. The first kappa shape index (κ1) is 15.4. The maximum absolute atomic E-state index is 6.52. The molecule has 1 aliphatic heterocycles. The first-order valence-corrected chi connectivity index (χ1v) is 10.4. The molecule has 0 bridgehead atoms. The van der Waals surface area contributed by atoms with Gasteiger partial charge in [0.1, 0.15) is 12.8 Å². The van der Waals surface area contributed by atoms with E-state index in [4.69, 9.17) is 4.74 Å². The first-order chi connectivity index (χ1) is 12.1. The fraction of sp³-hybridized carbons (Fsp3) is 0.286. The molecular formula is C21H20NOS2+. The Bertz CT molecular complexity index is 1150. The van der Waals surface area contributed by atoms with Gasteiger partial charge in [-0.15, -0.1) is 22.7 Å². The lowest BCUT2D eigenvalue weighted by Gasteiger charge is -2.20. The molecule has 0 radical (unpaired) electrons. The van der Waals surface area contributed by atoms with Gasteiger partial charge < -0.3 is 4.74 Å². The monoisotopic (exact) mass is 366 g/mol. The zero-order valence-corrected chi connectivity index (χ0v) is 16.5. The van der Waals surface area contributed by atoms with E-state index in [1.165, 1.54) is 42.0 Å². The van der Waals surface area contributed by atoms with Crippen LogP contribution < -0.4 is 9.30 Å². The Hall–Kier alpha value is -1.91. The number of pyridine rings is 1. The second kappa shape index (κ2) is 5.29. The molecule has 0 saturated carbocycles. The second-order valence-electron chi connectivity index (χ2n) is 7.23. The number of rotatable bonds is 2. The third-order valence-corrected chi connectivity index (χ3v) is 7.24. The van der Waals surface area contributed by atoms with Crippen LogP contribution in [0.2, 0.25) is 0 Å². The highest BCUT2D eigenvalue weighted by molar-refractivity contribution is 7.38. The van der Waals surface area contributed by atoms with E-state index in [9.17, 15) is 0 Å². The SMILES string of the molecule is Cc1sc2scc3c2c1-c1c(c(CC(C)C)c2ccccc2[n+]1C)O3. The summed E-state index contributed by atoms with van der Waals surface area (Å²) >= 11 is 3.69. The topological polar surface area (TPSA) is 13.1 Å². The summed E-state index contributed by atoms with van der Waals surface area (Å²) < 4.78 is 10.2. The van der Waals surface area contributed by atoms with Crippen LogP contribution in [0.1, 0.15) is 24.3 Å². The predicted octanol–water partition coefficient (Wildman–Crippen LogP) is 6.22. The minimum absolute atomic E-state index is 0.580. The van der Waals surface area contributed by atoms with Crippen LogP contribution in [0.4, 0.5) is 0 Å². The standard InChI is InChI=1S/C21H20NOS2/c1-11(2)9-14-13-7-5-6-8-15(13)22(4)19-17-12(3)25-21-18(17)16(10-24-21)23-20(14)19/h5-8,10-11H,9H2,1-4H3/q+1. The number of hydrogen-bond acceptors (Lipinski definition) is 3. The normalized spacial score (nSPS) is 12.8. The van der Waals surface area contributed by atoms with E-state index in [0.717, 1.165) is 17.9 Å². The minimum Gasteiger partial charge on any atom is -0.448 e. The van der Waals surface area contributed by atoms with Gasteiger partial charge in [0.2, 0.25) is 11.3 Å². The van der Waals surface area contributed by atoms with Gasteiger partial charge in [0.05, 0.1) is 20.3 Å². The van der Waals surface area contributed by atoms with E-state index >= 15 is 0 Å². The van der Waals surface area contributed by atoms with E-state index < -0.39 is 0 Å². The van der Waals surface area contributed by atoms with Crippen molar-refractivity contribution >= 4 is 43.0 Å². The Balaban J connectivity index is 1.97. The molecule has 0 saturated heterocycles. The number of fused-ring (bicyclic) bond motifs is 3. The third-order valence-electron chi connectivity index (χ3n) is 5.05. The summed E-state index contributed by atoms with van der Waals surface area (Å²) in [7, 11) is 2.17. The van der Waals surface area contributed by atoms with E-state index in [0.29, 0.717) is 5.92 Å². The summed E-state index contributed by atoms with van der Waals surface area (Å²) in [5.41, 5.74) is 5.23. The van der Waals surface area contributed by atoms with Crippen molar-refractivity contribution in [3.63, 3.8) is 0 Å². The lowest BCUT2D eigenvalue weighted by molar-refractivity contribution is -0.633. The zero-order chi connectivity index (χ0) is 17.3. The highest BCUT2D eigenvalue weighted by Gasteiger charge is 2.35. The second-order valence-corrected chi connectivity index (χ2v) is 9.59. The molecule has 0 amide bonds. The smallest absolute Gasteiger partial charge is 0.258 e. The van der Waals surface area contributed by atoms with E-state index in [2.05, 4.69) is 62.0 Å². The molecule has 3 aromatic heterocycles. The predicted molar refractivity (Wildman–Crippen MR) is 107 cm³/mol. The molecule has 126 valence electrons. The number of aryl methyl sites for hydroxylation is 2. The van der Waals surface area contributed by atoms with Gasteiger partial charge >= 0.3 is 0 Å². The highest BCUT2D eigenvalue weighted by Crippen LogP contribution is 2.54. The number of para-hydroxylation sites is 1. The number of nitrogens with zero attached hydrogens (tertiary/aromatic N) is 1. The average Bonchev–Trinajstić information content (AvgIpc) is 3.14. The molecule has 1 aromatic carbocycles. The lowest BCUT2D eigenvalue weighted by Crippen LogP contribution is -2.34. The Morgan fingerprint density at radius 3 is 2.80 bits per heavy atom. The average molecular weight is 367 g/mol. The van der Waals surface area contributed by atoms with E-state index in [1.807, 2.05) is 11.3 Å². The van der Waals surface area contributed by atoms with Gasteiger partial charge in [-0.3, -0.25) is 0 Å². The molecule has 1 aliphatic rings. The van der Waals surface area contributed by atoms with Crippen molar-refractivity contribution in [3.8, 4) is 22.8 Å². The highest BCUT2D eigenvalue weighted by atomic mass is 32.2. The van der Waals surface area contributed by atoms with Gasteiger partial charge in [-0.1, -0.05) is 26.0 Å². The Morgan fingerprint density at radius 2 is 2.00 bits per heavy atom. The molecular weight excluding hydrogens is 346 g/mol. The molecule has 0 atom stereocenters. The van der Waals surface area contributed by atoms with Crippen molar-refractivity contribution in [2.45, 2.75) is 27.2 Å². The quantitative estimate of drug-likeness (QED) is 0.338. The fourth-order valence-corrected chi connectivity index (χ4v) is 6.32. The van der Waals surface area contributed by atoms with Crippen LogP contribution in [-0.2, 0) is 13.5 Å². The van der Waals surface area contributed by atoms with E-state index in [-0.39, 0.29) is 0 Å². The number of hydrogen-bond donors (Lipinski definition) is 0. The van der Waals surface area contributed by atoms with Crippen LogP contribution in [0.3, 0.4) is 0 Å². The molecule has 0 aliphatic carbocycles. The van der Waals surface area contributed by atoms with Gasteiger partial charge in [-0.25, -0.2) is 0 Å². The van der Waals surface area contributed by atoms with Crippen molar-refractivity contribution in [3.05, 3.63) is 40.1 Å². The molecule has 2 nitrogen and oxygen atoms in total. The number of thiophene rings is 2. The van der Waals surface area contributed by atoms with Crippen LogP contribution in [-0.4, -0.2) is 0 Å². The summed E-state index contributed by atoms with van der Waals surface area (Å²) in [5.74, 6) is 2.67. The van der Waals surface area contributed by atoms with Crippen molar-refractivity contribution in [2.24, 2.45) is 13.0 Å². The van der Waals surface area contributed by atoms with Crippen molar-refractivity contribution in [1.82, 2.24) is 0 Å². The van der Waals surface area contributed by atoms with Crippen molar-refractivity contribution in [1.29, 1.82) is 0 Å². The third kappa shape index (κ3) is 2.04. The summed E-state index contributed by atoms with van der Waals surface area (Å²) in [6.45, 7) is 6.80. The summed E-state index contributed by atoms with van der Waals surface area (Å²) in [6.07, 6.45) is 1.02. The molecule has 0 N–H and O–H groups in total. The van der Waals surface area contributed by atoms with Gasteiger partial charge in [0.25, 0.3) is 5.69 Å². The maximum Gasteiger partial charge on any atom is 0.258 e. The van der Waals surface area contributed by atoms with Crippen LogP contribution in [0.15, 0.2) is 29.6 Å². The van der Waals surface area contributed by atoms with Crippen LogP contribution in [0.25, 0.3) is 31.6 Å². The Kier molecular flexibility index (Phi) is 3.25.